The first kappa shape index (κ1) is 20.4. The monoisotopic (exact) mass is 412 g/mol. The number of amides is 1. The molecule has 2 aromatic rings. The van der Waals surface area contributed by atoms with E-state index in [1.165, 1.54) is 30.6 Å². The van der Waals surface area contributed by atoms with Gasteiger partial charge in [0.25, 0.3) is 5.91 Å². The van der Waals surface area contributed by atoms with Gasteiger partial charge < -0.3 is 19.5 Å². The van der Waals surface area contributed by atoms with Gasteiger partial charge in [-0.2, -0.15) is 5.26 Å². The van der Waals surface area contributed by atoms with Crippen LogP contribution in [-0.2, 0) is 27.2 Å². The number of fused-ring (bicyclic) bond motifs is 1. The van der Waals surface area contributed by atoms with Crippen molar-refractivity contribution in [2.75, 3.05) is 26.1 Å². The Morgan fingerprint density at radius 1 is 1.28 bits per heavy atom. The summed E-state index contributed by atoms with van der Waals surface area (Å²) in [7, 11) is 3.07. The third kappa shape index (κ3) is 4.76. The second-order valence-electron chi connectivity index (χ2n) is 6.27. The molecule has 0 aliphatic heterocycles. The predicted octanol–water partition coefficient (Wildman–Crippen LogP) is 3.32. The van der Waals surface area contributed by atoms with Crippen LogP contribution in [0.1, 0.15) is 28.0 Å². The summed E-state index contributed by atoms with van der Waals surface area (Å²) in [6.45, 7) is -0.439. The van der Waals surface area contributed by atoms with Gasteiger partial charge in [-0.3, -0.25) is 4.79 Å². The Morgan fingerprint density at radius 2 is 2.10 bits per heavy atom. The van der Waals surface area contributed by atoms with Crippen molar-refractivity contribution in [2.45, 2.75) is 19.3 Å². The van der Waals surface area contributed by atoms with E-state index in [-0.39, 0.29) is 0 Å². The number of aryl methyl sites for hydroxylation is 1. The average molecular weight is 412 g/mol. The van der Waals surface area contributed by atoms with Gasteiger partial charge in [-0.25, -0.2) is 4.79 Å². The number of benzene rings is 1. The number of nitriles is 1. The van der Waals surface area contributed by atoms with Gasteiger partial charge in [-0.1, -0.05) is 0 Å². The molecule has 0 fully saturated rings. The number of ether oxygens (including phenoxy) is 3. The molecule has 0 atom stereocenters. The van der Waals surface area contributed by atoms with Gasteiger partial charge in [0, 0.05) is 16.5 Å². The van der Waals surface area contributed by atoms with E-state index < -0.39 is 18.5 Å². The number of hydrogen-bond donors (Lipinski definition) is 1. The minimum atomic E-state index is -0.667. The standard InChI is InChI=1S/C21H20N2O5S/c1-26-14-7-8-17(27-2)13(10-14)6-9-20(25)28-12-19(24)23-21-16(11-22)15-4-3-5-18(15)29-21/h6-10H,3-5,12H2,1-2H3,(H,23,24)/b9-6+. The minimum Gasteiger partial charge on any atom is -0.497 e. The molecule has 150 valence electrons. The molecule has 8 heteroatoms. The van der Waals surface area contributed by atoms with Gasteiger partial charge >= 0.3 is 5.97 Å². The zero-order valence-electron chi connectivity index (χ0n) is 16.1. The van der Waals surface area contributed by atoms with E-state index in [2.05, 4.69) is 11.4 Å². The number of hydrogen-bond acceptors (Lipinski definition) is 7. The van der Waals surface area contributed by atoms with E-state index in [1.807, 2.05) is 0 Å². The molecule has 0 saturated carbocycles. The minimum absolute atomic E-state index is 0.439. The van der Waals surface area contributed by atoms with Crippen LogP contribution in [0.5, 0.6) is 11.5 Å². The van der Waals surface area contributed by atoms with E-state index in [0.29, 0.717) is 27.6 Å². The maximum absolute atomic E-state index is 12.1. The molecule has 3 rings (SSSR count). The van der Waals surface area contributed by atoms with Gasteiger partial charge in [0.15, 0.2) is 6.61 Å². The van der Waals surface area contributed by atoms with Crippen LogP contribution >= 0.6 is 11.3 Å². The number of nitrogens with zero attached hydrogens (tertiary/aromatic N) is 1. The lowest BCUT2D eigenvalue weighted by molar-refractivity contribution is -0.142. The van der Waals surface area contributed by atoms with E-state index in [4.69, 9.17) is 14.2 Å². The average Bonchev–Trinajstić information content (AvgIpc) is 3.31. The number of esters is 1. The summed E-state index contributed by atoms with van der Waals surface area (Å²) < 4.78 is 15.4. The second kappa shape index (κ2) is 9.26. The van der Waals surface area contributed by atoms with Crippen LogP contribution in [0.3, 0.4) is 0 Å². The quantitative estimate of drug-likeness (QED) is 0.553. The molecule has 1 aromatic heterocycles. The van der Waals surface area contributed by atoms with Crippen LogP contribution in [0, 0.1) is 11.3 Å². The first-order valence-corrected chi connectivity index (χ1v) is 9.78. The Morgan fingerprint density at radius 3 is 2.83 bits per heavy atom. The molecule has 29 heavy (non-hydrogen) atoms. The van der Waals surface area contributed by atoms with E-state index in [9.17, 15) is 14.9 Å². The van der Waals surface area contributed by atoms with Crippen molar-refractivity contribution in [3.05, 3.63) is 45.8 Å². The molecule has 0 bridgehead atoms. The SMILES string of the molecule is COc1ccc(OC)c(/C=C/C(=O)OCC(=O)Nc2sc3c(c2C#N)CCC3)c1. The molecule has 0 radical (unpaired) electrons. The normalized spacial score (nSPS) is 12.3. The summed E-state index contributed by atoms with van der Waals surface area (Å²) in [5.41, 5.74) is 2.19. The molecule has 1 aliphatic carbocycles. The van der Waals surface area contributed by atoms with Crippen LogP contribution in [0.2, 0.25) is 0 Å². The van der Waals surface area contributed by atoms with Crippen LogP contribution in [0.25, 0.3) is 6.08 Å². The van der Waals surface area contributed by atoms with E-state index >= 15 is 0 Å². The van der Waals surface area contributed by atoms with Crippen LogP contribution in [0.15, 0.2) is 24.3 Å². The first-order valence-electron chi connectivity index (χ1n) is 8.97. The summed E-state index contributed by atoms with van der Waals surface area (Å²) in [5.74, 6) is 0.0399. The highest BCUT2D eigenvalue weighted by atomic mass is 32.1. The highest BCUT2D eigenvalue weighted by Gasteiger charge is 2.23. The number of carbonyl (C=O) groups is 2. The highest BCUT2D eigenvalue weighted by molar-refractivity contribution is 7.16. The number of anilines is 1. The molecule has 7 nitrogen and oxygen atoms in total. The molecule has 1 amide bonds. The maximum Gasteiger partial charge on any atom is 0.331 e. The lowest BCUT2D eigenvalue weighted by Crippen LogP contribution is -2.20. The molecule has 1 aliphatic rings. The number of carbonyl (C=O) groups excluding carboxylic acids is 2. The van der Waals surface area contributed by atoms with E-state index in [0.717, 1.165) is 29.7 Å². The fraction of sp³-hybridized carbons (Fsp3) is 0.286. The van der Waals surface area contributed by atoms with Gasteiger partial charge in [0.2, 0.25) is 0 Å². The van der Waals surface area contributed by atoms with Gasteiger partial charge in [-0.15, -0.1) is 11.3 Å². The topological polar surface area (TPSA) is 97.7 Å². The van der Waals surface area contributed by atoms with Crippen LogP contribution in [0.4, 0.5) is 5.00 Å². The van der Waals surface area contributed by atoms with Gasteiger partial charge in [0.05, 0.1) is 19.8 Å². The van der Waals surface area contributed by atoms with Crippen molar-refractivity contribution in [1.29, 1.82) is 5.26 Å². The van der Waals surface area contributed by atoms with Crippen molar-refractivity contribution in [2.24, 2.45) is 0 Å². The Labute approximate surface area is 172 Å². The first-order chi connectivity index (χ1) is 14.0. The Balaban J connectivity index is 1.57. The molecule has 1 aromatic carbocycles. The third-order valence-electron chi connectivity index (χ3n) is 4.47. The zero-order valence-corrected chi connectivity index (χ0v) is 16.9. The molecule has 0 spiro atoms. The number of thiophene rings is 1. The van der Waals surface area contributed by atoms with E-state index in [1.54, 1.807) is 25.3 Å². The number of rotatable bonds is 7. The fourth-order valence-electron chi connectivity index (χ4n) is 3.09. The Bertz CT molecular complexity index is 1000. The second-order valence-corrected chi connectivity index (χ2v) is 7.38. The summed E-state index contributed by atoms with van der Waals surface area (Å²) in [4.78, 5) is 25.2. The van der Waals surface area contributed by atoms with Crippen molar-refractivity contribution in [1.82, 2.24) is 0 Å². The number of nitrogens with one attached hydrogen (secondary N) is 1. The number of methoxy groups -OCH3 is 2. The highest BCUT2D eigenvalue weighted by Crippen LogP contribution is 2.38. The van der Waals surface area contributed by atoms with Crippen molar-refractivity contribution < 1.29 is 23.8 Å². The lowest BCUT2D eigenvalue weighted by atomic mass is 10.1. The molecule has 1 heterocycles. The molecule has 0 saturated heterocycles. The third-order valence-corrected chi connectivity index (χ3v) is 5.67. The largest absolute Gasteiger partial charge is 0.497 e. The molecule has 1 N–H and O–H groups in total. The fourth-order valence-corrected chi connectivity index (χ4v) is 4.34. The predicted molar refractivity (Wildman–Crippen MR) is 109 cm³/mol. The summed E-state index contributed by atoms with van der Waals surface area (Å²) in [6, 6.07) is 7.35. The van der Waals surface area contributed by atoms with Crippen molar-refractivity contribution >= 4 is 34.3 Å². The maximum atomic E-state index is 12.1. The molecule has 0 unspecified atom stereocenters. The smallest absolute Gasteiger partial charge is 0.331 e. The zero-order chi connectivity index (χ0) is 20.8. The van der Waals surface area contributed by atoms with Crippen molar-refractivity contribution in [3.63, 3.8) is 0 Å². The Kier molecular flexibility index (Phi) is 6.52. The van der Waals surface area contributed by atoms with Crippen LogP contribution in [-0.4, -0.2) is 32.7 Å². The summed E-state index contributed by atoms with van der Waals surface area (Å²) in [6.07, 6.45) is 5.56. The van der Waals surface area contributed by atoms with Crippen LogP contribution < -0.4 is 14.8 Å². The summed E-state index contributed by atoms with van der Waals surface area (Å²) in [5, 5.41) is 12.5. The summed E-state index contributed by atoms with van der Waals surface area (Å²) >= 11 is 1.42. The molecular weight excluding hydrogens is 392 g/mol. The lowest BCUT2D eigenvalue weighted by Gasteiger charge is -2.07. The van der Waals surface area contributed by atoms with Gasteiger partial charge in [-0.05, 0) is 49.1 Å². The molecular formula is C21H20N2O5S. The van der Waals surface area contributed by atoms with Crippen molar-refractivity contribution in [3.8, 4) is 17.6 Å². The Hall–Kier alpha value is -3.31. The van der Waals surface area contributed by atoms with Gasteiger partial charge in [0.1, 0.15) is 22.6 Å².